The summed E-state index contributed by atoms with van der Waals surface area (Å²) in [6.07, 6.45) is 6.76. The van der Waals surface area contributed by atoms with Crippen LogP contribution in [-0.4, -0.2) is 48.7 Å². The summed E-state index contributed by atoms with van der Waals surface area (Å²) < 4.78 is 2.17. The predicted octanol–water partition coefficient (Wildman–Crippen LogP) is 2.63. The Labute approximate surface area is 154 Å². The number of thiophene rings is 1. The number of aliphatic imine (C=N–C) groups is 1. The van der Waals surface area contributed by atoms with Gasteiger partial charge in [-0.25, -0.2) is 0 Å². The van der Waals surface area contributed by atoms with Crippen molar-refractivity contribution < 1.29 is 0 Å². The van der Waals surface area contributed by atoms with Gasteiger partial charge < -0.3 is 15.2 Å². The van der Waals surface area contributed by atoms with E-state index < -0.39 is 0 Å². The molecule has 2 aromatic heterocycles. The quantitative estimate of drug-likeness (QED) is 0.590. The standard InChI is InChI=1S/C19H29N5S/c1-20-19(21-8-12-23-9-2-3-10-23)22-14-17-6-4-11-24(15-17)16-18-7-5-13-25-18/h2-3,5,7,9-10,13,17H,4,6,8,11-12,14-16H2,1H3,(H2,20,21,22). The number of guanidine groups is 1. The van der Waals surface area contributed by atoms with E-state index in [9.17, 15) is 0 Å². The van der Waals surface area contributed by atoms with E-state index in [2.05, 4.69) is 67.1 Å². The molecule has 0 spiro atoms. The van der Waals surface area contributed by atoms with Crippen molar-refractivity contribution in [3.05, 3.63) is 46.9 Å². The van der Waals surface area contributed by atoms with Crippen molar-refractivity contribution in [1.29, 1.82) is 0 Å². The Bertz CT molecular complexity index is 620. The number of hydrogen-bond donors (Lipinski definition) is 2. The molecule has 25 heavy (non-hydrogen) atoms. The number of aromatic nitrogens is 1. The normalized spacial score (nSPS) is 19.1. The predicted molar refractivity (Wildman–Crippen MR) is 106 cm³/mol. The van der Waals surface area contributed by atoms with Gasteiger partial charge in [0.05, 0.1) is 0 Å². The van der Waals surface area contributed by atoms with Gasteiger partial charge in [0.15, 0.2) is 5.96 Å². The van der Waals surface area contributed by atoms with Gasteiger partial charge >= 0.3 is 0 Å². The van der Waals surface area contributed by atoms with Crippen LogP contribution in [0.15, 0.2) is 47.0 Å². The first kappa shape index (κ1) is 18.0. The maximum atomic E-state index is 4.34. The van der Waals surface area contributed by atoms with Crippen molar-refractivity contribution in [2.45, 2.75) is 25.9 Å². The lowest BCUT2D eigenvalue weighted by molar-refractivity contribution is 0.169. The fourth-order valence-electron chi connectivity index (χ4n) is 3.37. The molecule has 136 valence electrons. The fourth-order valence-corrected chi connectivity index (χ4v) is 4.11. The maximum absolute atomic E-state index is 4.34. The average molecular weight is 360 g/mol. The monoisotopic (exact) mass is 359 g/mol. The van der Waals surface area contributed by atoms with Crippen LogP contribution in [0.1, 0.15) is 17.7 Å². The van der Waals surface area contributed by atoms with Gasteiger partial charge in [-0.1, -0.05) is 6.07 Å². The van der Waals surface area contributed by atoms with Crippen LogP contribution in [0.3, 0.4) is 0 Å². The Morgan fingerprint density at radius 2 is 2.16 bits per heavy atom. The molecule has 2 N–H and O–H groups in total. The van der Waals surface area contributed by atoms with Crippen molar-refractivity contribution in [3.63, 3.8) is 0 Å². The van der Waals surface area contributed by atoms with Gasteiger partial charge in [-0.05, 0) is 48.9 Å². The Morgan fingerprint density at radius 1 is 1.28 bits per heavy atom. The van der Waals surface area contributed by atoms with E-state index in [4.69, 9.17) is 0 Å². The van der Waals surface area contributed by atoms with Gasteiger partial charge in [0, 0.05) is 57.0 Å². The molecular weight excluding hydrogens is 330 g/mol. The summed E-state index contributed by atoms with van der Waals surface area (Å²) in [5.41, 5.74) is 0. The molecule has 3 rings (SSSR count). The molecule has 1 aliphatic rings. The zero-order chi connectivity index (χ0) is 17.3. The second kappa shape index (κ2) is 9.63. The van der Waals surface area contributed by atoms with E-state index in [1.54, 1.807) is 0 Å². The van der Waals surface area contributed by atoms with Crippen LogP contribution in [0.25, 0.3) is 0 Å². The van der Waals surface area contributed by atoms with Crippen LogP contribution >= 0.6 is 11.3 Å². The zero-order valence-electron chi connectivity index (χ0n) is 15.0. The lowest BCUT2D eigenvalue weighted by Gasteiger charge is -2.32. The first-order valence-electron chi connectivity index (χ1n) is 9.13. The van der Waals surface area contributed by atoms with Gasteiger partial charge in [-0.15, -0.1) is 11.3 Å². The Balaban J connectivity index is 1.37. The minimum atomic E-state index is 0.691. The molecule has 0 radical (unpaired) electrons. The topological polar surface area (TPSA) is 44.6 Å². The molecule has 1 fully saturated rings. The molecular formula is C19H29N5S. The van der Waals surface area contributed by atoms with Gasteiger partial charge in [-0.3, -0.25) is 9.89 Å². The molecule has 3 heterocycles. The first-order valence-corrected chi connectivity index (χ1v) is 10.0. The third kappa shape index (κ3) is 5.90. The van der Waals surface area contributed by atoms with Gasteiger partial charge in [0.2, 0.25) is 0 Å². The molecule has 5 nitrogen and oxygen atoms in total. The smallest absolute Gasteiger partial charge is 0.191 e. The lowest BCUT2D eigenvalue weighted by atomic mass is 9.98. The van der Waals surface area contributed by atoms with Crippen molar-refractivity contribution >= 4 is 17.3 Å². The SMILES string of the molecule is CN=C(NCCn1cccc1)NCC1CCCN(Cc2cccs2)C1. The van der Waals surface area contributed by atoms with E-state index in [0.717, 1.165) is 32.1 Å². The summed E-state index contributed by atoms with van der Waals surface area (Å²) in [5, 5.41) is 9.07. The van der Waals surface area contributed by atoms with Crippen LogP contribution in [0.4, 0.5) is 0 Å². The van der Waals surface area contributed by atoms with Crippen molar-refractivity contribution in [3.8, 4) is 0 Å². The summed E-state index contributed by atoms with van der Waals surface area (Å²) in [6.45, 7) is 6.31. The zero-order valence-corrected chi connectivity index (χ0v) is 15.8. The van der Waals surface area contributed by atoms with Crippen LogP contribution in [0, 0.1) is 5.92 Å². The lowest BCUT2D eigenvalue weighted by Crippen LogP contribution is -2.44. The van der Waals surface area contributed by atoms with Crippen molar-refractivity contribution in [2.24, 2.45) is 10.9 Å². The summed E-state index contributed by atoms with van der Waals surface area (Å²) in [7, 11) is 1.84. The Hall–Kier alpha value is -1.79. The Morgan fingerprint density at radius 3 is 2.92 bits per heavy atom. The second-order valence-electron chi connectivity index (χ2n) is 6.62. The average Bonchev–Trinajstić information content (AvgIpc) is 3.32. The summed E-state index contributed by atoms with van der Waals surface area (Å²) in [5.74, 6) is 1.60. The summed E-state index contributed by atoms with van der Waals surface area (Å²) in [6, 6.07) is 8.49. The molecule has 0 aromatic carbocycles. The second-order valence-corrected chi connectivity index (χ2v) is 7.66. The van der Waals surface area contributed by atoms with E-state index in [1.807, 2.05) is 18.4 Å². The number of nitrogens with zero attached hydrogens (tertiary/aromatic N) is 3. The third-order valence-electron chi connectivity index (χ3n) is 4.67. The first-order chi connectivity index (χ1) is 12.3. The highest BCUT2D eigenvalue weighted by atomic mass is 32.1. The van der Waals surface area contributed by atoms with Gasteiger partial charge in [-0.2, -0.15) is 0 Å². The number of piperidine rings is 1. The number of rotatable bonds is 7. The van der Waals surface area contributed by atoms with Gasteiger partial charge in [0.25, 0.3) is 0 Å². The molecule has 1 aliphatic heterocycles. The van der Waals surface area contributed by atoms with Crippen molar-refractivity contribution in [1.82, 2.24) is 20.1 Å². The number of hydrogen-bond acceptors (Lipinski definition) is 3. The van der Waals surface area contributed by atoms with Crippen LogP contribution < -0.4 is 10.6 Å². The highest BCUT2D eigenvalue weighted by Crippen LogP contribution is 2.19. The molecule has 6 heteroatoms. The molecule has 0 aliphatic carbocycles. The minimum absolute atomic E-state index is 0.691. The largest absolute Gasteiger partial charge is 0.356 e. The maximum Gasteiger partial charge on any atom is 0.191 e. The summed E-state index contributed by atoms with van der Waals surface area (Å²) >= 11 is 1.86. The summed E-state index contributed by atoms with van der Waals surface area (Å²) in [4.78, 5) is 8.40. The van der Waals surface area contributed by atoms with E-state index >= 15 is 0 Å². The van der Waals surface area contributed by atoms with E-state index in [0.29, 0.717) is 5.92 Å². The van der Waals surface area contributed by atoms with E-state index in [-0.39, 0.29) is 0 Å². The molecule has 0 bridgehead atoms. The highest BCUT2D eigenvalue weighted by molar-refractivity contribution is 7.09. The highest BCUT2D eigenvalue weighted by Gasteiger charge is 2.20. The molecule has 1 atom stereocenters. The third-order valence-corrected chi connectivity index (χ3v) is 5.53. The molecule has 0 saturated carbocycles. The minimum Gasteiger partial charge on any atom is -0.356 e. The van der Waals surface area contributed by atoms with Crippen LogP contribution in [0.2, 0.25) is 0 Å². The number of nitrogens with one attached hydrogen (secondary N) is 2. The van der Waals surface area contributed by atoms with Gasteiger partial charge in [0.1, 0.15) is 0 Å². The van der Waals surface area contributed by atoms with E-state index in [1.165, 1.54) is 30.8 Å². The van der Waals surface area contributed by atoms with Crippen molar-refractivity contribution in [2.75, 3.05) is 33.2 Å². The Kier molecular flexibility index (Phi) is 6.94. The van der Waals surface area contributed by atoms with Crippen LogP contribution in [0.5, 0.6) is 0 Å². The fraction of sp³-hybridized carbons (Fsp3) is 0.526. The molecule has 0 amide bonds. The molecule has 1 saturated heterocycles. The van der Waals surface area contributed by atoms with Crippen LogP contribution in [-0.2, 0) is 13.1 Å². The molecule has 1 unspecified atom stereocenters. The number of likely N-dealkylation sites (tertiary alicyclic amines) is 1. The molecule has 2 aromatic rings.